The molecule has 2 aliphatic heterocycles. The Morgan fingerprint density at radius 1 is 1.13 bits per heavy atom. The van der Waals surface area contributed by atoms with E-state index in [0.717, 1.165) is 78.0 Å². The van der Waals surface area contributed by atoms with Crippen LogP contribution < -0.4 is 20.3 Å². The van der Waals surface area contributed by atoms with E-state index in [1.807, 2.05) is 55.5 Å². The van der Waals surface area contributed by atoms with Crippen LogP contribution in [0.4, 0.5) is 11.4 Å². The Kier molecular flexibility index (Phi) is 7.23. The molecule has 10 heteroatoms. The number of hydrogen-bond acceptors (Lipinski definition) is 9. The summed E-state index contributed by atoms with van der Waals surface area (Å²) in [6, 6.07) is 15.4. The standard InChI is InChI=1S/C29H30N6O3S/c1-20-25(38-22-5-3-2-4-6-22)8-7-23(26(20)35-15-16-37-29(19-35)10-13-30-14-11-29)33-27(36)24-18-39-28(34-24)21-9-12-31-32-17-21/h2-9,12,17-18,30H,10-11,13-16,19H2,1H3,(H,33,36). The first kappa shape index (κ1) is 25.4. The molecule has 1 amide bonds. The second-order valence-corrected chi connectivity index (χ2v) is 10.7. The van der Waals surface area contributed by atoms with E-state index >= 15 is 0 Å². The molecule has 2 aromatic carbocycles. The molecule has 0 atom stereocenters. The molecule has 4 aromatic rings. The summed E-state index contributed by atoms with van der Waals surface area (Å²) in [5.41, 5.74) is 3.63. The van der Waals surface area contributed by atoms with Crippen molar-refractivity contribution in [2.24, 2.45) is 0 Å². The maximum absolute atomic E-state index is 13.4. The summed E-state index contributed by atoms with van der Waals surface area (Å²) < 4.78 is 12.6. The number of para-hydroxylation sites is 1. The van der Waals surface area contributed by atoms with E-state index in [1.165, 1.54) is 11.3 Å². The molecular weight excluding hydrogens is 512 g/mol. The molecule has 0 saturated carbocycles. The highest BCUT2D eigenvalue weighted by molar-refractivity contribution is 7.13. The Hall–Kier alpha value is -3.86. The Morgan fingerprint density at radius 2 is 1.97 bits per heavy atom. The fraction of sp³-hybridized carbons (Fsp3) is 0.310. The van der Waals surface area contributed by atoms with Crippen molar-refractivity contribution < 1.29 is 14.3 Å². The van der Waals surface area contributed by atoms with Gasteiger partial charge in [0.15, 0.2) is 0 Å². The Morgan fingerprint density at radius 3 is 2.77 bits per heavy atom. The zero-order valence-corrected chi connectivity index (χ0v) is 22.5. The second-order valence-electron chi connectivity index (χ2n) is 9.83. The van der Waals surface area contributed by atoms with E-state index in [0.29, 0.717) is 12.3 Å². The monoisotopic (exact) mass is 542 g/mol. The highest BCUT2D eigenvalue weighted by atomic mass is 32.1. The average molecular weight is 543 g/mol. The Bertz CT molecular complexity index is 1430. The van der Waals surface area contributed by atoms with Gasteiger partial charge in [0.25, 0.3) is 5.91 Å². The molecule has 2 fully saturated rings. The Balaban J connectivity index is 1.32. The number of rotatable bonds is 6. The van der Waals surface area contributed by atoms with Gasteiger partial charge in [-0.05, 0) is 63.2 Å². The van der Waals surface area contributed by atoms with Crippen molar-refractivity contribution >= 4 is 28.6 Å². The minimum atomic E-state index is -0.262. The number of carbonyl (C=O) groups excluding carboxylic acids is 1. The van der Waals surface area contributed by atoms with Crippen molar-refractivity contribution in [1.82, 2.24) is 20.5 Å². The van der Waals surface area contributed by atoms with Gasteiger partial charge in [-0.1, -0.05) is 18.2 Å². The maximum Gasteiger partial charge on any atom is 0.275 e. The number of nitrogens with zero attached hydrogens (tertiary/aromatic N) is 4. The average Bonchev–Trinajstić information content (AvgIpc) is 3.47. The number of hydrogen-bond donors (Lipinski definition) is 2. The van der Waals surface area contributed by atoms with Crippen molar-refractivity contribution in [3.8, 4) is 22.1 Å². The van der Waals surface area contributed by atoms with Crippen LogP contribution in [-0.2, 0) is 4.74 Å². The number of amides is 1. The van der Waals surface area contributed by atoms with E-state index in [1.54, 1.807) is 17.8 Å². The second kappa shape index (κ2) is 11.1. The molecular formula is C29H30N6O3S. The minimum Gasteiger partial charge on any atom is -0.457 e. The summed E-state index contributed by atoms with van der Waals surface area (Å²) in [7, 11) is 0. The number of anilines is 2. The van der Waals surface area contributed by atoms with Crippen LogP contribution in [0.2, 0.25) is 0 Å². The van der Waals surface area contributed by atoms with E-state index in [9.17, 15) is 4.79 Å². The SMILES string of the molecule is Cc1c(Oc2ccccc2)ccc(NC(=O)c2csc(-c3ccnnc3)n2)c1N1CCOC2(CCNCC2)C1. The van der Waals surface area contributed by atoms with Gasteiger partial charge in [0.2, 0.25) is 0 Å². The highest BCUT2D eigenvalue weighted by Crippen LogP contribution is 2.41. The summed E-state index contributed by atoms with van der Waals surface area (Å²) in [4.78, 5) is 20.3. The lowest BCUT2D eigenvalue weighted by atomic mass is 9.90. The van der Waals surface area contributed by atoms with Gasteiger partial charge < -0.3 is 25.0 Å². The number of carbonyl (C=O) groups is 1. The van der Waals surface area contributed by atoms with Gasteiger partial charge in [0, 0.05) is 29.6 Å². The van der Waals surface area contributed by atoms with Gasteiger partial charge in [-0.2, -0.15) is 10.2 Å². The predicted molar refractivity (Wildman–Crippen MR) is 152 cm³/mol. The molecule has 2 saturated heterocycles. The zero-order valence-electron chi connectivity index (χ0n) is 21.7. The van der Waals surface area contributed by atoms with Crippen LogP contribution in [0.25, 0.3) is 10.6 Å². The lowest BCUT2D eigenvalue weighted by Crippen LogP contribution is -2.56. The number of thiazole rings is 1. The first-order valence-electron chi connectivity index (χ1n) is 13.1. The third-order valence-corrected chi connectivity index (χ3v) is 8.14. The molecule has 0 bridgehead atoms. The predicted octanol–water partition coefficient (Wildman–Crippen LogP) is 4.91. The van der Waals surface area contributed by atoms with Crippen molar-refractivity contribution in [2.45, 2.75) is 25.4 Å². The number of benzene rings is 2. The lowest BCUT2D eigenvalue weighted by molar-refractivity contribution is -0.0738. The van der Waals surface area contributed by atoms with Gasteiger partial charge in [-0.3, -0.25) is 4.79 Å². The maximum atomic E-state index is 13.4. The normalized spacial score (nSPS) is 16.7. The van der Waals surface area contributed by atoms with Crippen molar-refractivity contribution in [3.63, 3.8) is 0 Å². The van der Waals surface area contributed by atoms with Crippen LogP contribution in [0.1, 0.15) is 28.9 Å². The van der Waals surface area contributed by atoms with Crippen LogP contribution in [0.3, 0.4) is 0 Å². The van der Waals surface area contributed by atoms with Gasteiger partial charge in [0.05, 0.1) is 36.0 Å². The topological polar surface area (TPSA) is 102 Å². The molecule has 1 spiro atoms. The van der Waals surface area contributed by atoms with Gasteiger partial charge in [-0.25, -0.2) is 4.98 Å². The molecule has 2 aliphatic rings. The molecule has 4 heterocycles. The first-order valence-corrected chi connectivity index (χ1v) is 14.0. The summed E-state index contributed by atoms with van der Waals surface area (Å²) in [5, 5.41) is 16.8. The van der Waals surface area contributed by atoms with Gasteiger partial charge in [-0.15, -0.1) is 11.3 Å². The number of nitrogens with one attached hydrogen (secondary N) is 2. The fourth-order valence-electron chi connectivity index (χ4n) is 5.25. The van der Waals surface area contributed by atoms with E-state index in [-0.39, 0.29) is 11.5 Å². The lowest BCUT2D eigenvalue weighted by Gasteiger charge is -2.46. The van der Waals surface area contributed by atoms with Crippen LogP contribution in [0.5, 0.6) is 11.5 Å². The first-order chi connectivity index (χ1) is 19.1. The highest BCUT2D eigenvalue weighted by Gasteiger charge is 2.39. The molecule has 0 aliphatic carbocycles. The summed E-state index contributed by atoms with van der Waals surface area (Å²) in [6.45, 7) is 6.03. The fourth-order valence-corrected chi connectivity index (χ4v) is 6.04. The summed E-state index contributed by atoms with van der Waals surface area (Å²) in [5.74, 6) is 1.25. The van der Waals surface area contributed by atoms with Crippen molar-refractivity contribution in [1.29, 1.82) is 0 Å². The summed E-state index contributed by atoms with van der Waals surface area (Å²) >= 11 is 1.40. The molecule has 2 aromatic heterocycles. The van der Waals surface area contributed by atoms with Crippen LogP contribution in [0.15, 0.2) is 66.3 Å². The quantitative estimate of drug-likeness (QED) is 0.354. The van der Waals surface area contributed by atoms with Crippen molar-refractivity contribution in [3.05, 3.63) is 77.6 Å². The van der Waals surface area contributed by atoms with Crippen LogP contribution in [-0.4, -0.2) is 59.5 Å². The molecule has 39 heavy (non-hydrogen) atoms. The van der Waals surface area contributed by atoms with Crippen molar-refractivity contribution in [2.75, 3.05) is 43.0 Å². The van der Waals surface area contributed by atoms with Gasteiger partial charge in [0.1, 0.15) is 22.2 Å². The largest absolute Gasteiger partial charge is 0.457 e. The molecule has 0 unspecified atom stereocenters. The molecule has 2 N–H and O–H groups in total. The van der Waals surface area contributed by atoms with E-state index < -0.39 is 0 Å². The van der Waals surface area contributed by atoms with Crippen LogP contribution in [0, 0.1) is 6.92 Å². The van der Waals surface area contributed by atoms with Crippen LogP contribution >= 0.6 is 11.3 Å². The molecule has 200 valence electrons. The van der Waals surface area contributed by atoms with E-state index in [2.05, 4.69) is 30.7 Å². The Labute approximate surface area is 231 Å². The smallest absolute Gasteiger partial charge is 0.275 e. The number of morpholine rings is 1. The minimum absolute atomic E-state index is 0.199. The van der Waals surface area contributed by atoms with Gasteiger partial charge >= 0.3 is 0 Å². The molecule has 6 rings (SSSR count). The number of ether oxygens (including phenoxy) is 2. The summed E-state index contributed by atoms with van der Waals surface area (Å²) in [6.07, 6.45) is 5.16. The molecule has 0 radical (unpaired) electrons. The zero-order chi connectivity index (χ0) is 26.7. The third kappa shape index (κ3) is 5.49. The number of aromatic nitrogens is 3. The van der Waals surface area contributed by atoms with E-state index in [4.69, 9.17) is 9.47 Å². The molecule has 9 nitrogen and oxygen atoms in total. The third-order valence-electron chi connectivity index (χ3n) is 7.25. The number of piperidine rings is 1.